The minimum atomic E-state index is 1.14. The molecule has 0 atom stereocenters. The summed E-state index contributed by atoms with van der Waals surface area (Å²) in [6.07, 6.45) is 4.81. The first kappa shape index (κ1) is 19.2. The molecule has 0 N–H and O–H groups in total. The molecule has 0 aliphatic rings. The summed E-state index contributed by atoms with van der Waals surface area (Å²) in [5.74, 6) is 0. The van der Waals surface area contributed by atoms with E-state index in [1.165, 1.54) is 16.7 Å². The van der Waals surface area contributed by atoms with Crippen LogP contribution in [0.2, 0.25) is 0 Å². The van der Waals surface area contributed by atoms with Gasteiger partial charge in [-0.1, -0.05) is 123 Å². The minimum absolute atomic E-state index is 1.14. The molecule has 0 saturated heterocycles. The predicted octanol–water partition coefficient (Wildman–Crippen LogP) is 6.91. The van der Waals surface area contributed by atoms with E-state index in [1.54, 1.807) is 0 Å². The molecule has 0 radical (unpaired) electrons. The Morgan fingerprint density at radius 1 is 0.583 bits per heavy atom. The van der Waals surface area contributed by atoms with Gasteiger partial charge < -0.3 is 0 Å². The molecule has 0 amide bonds. The average molecular weight is 314 g/mol. The van der Waals surface area contributed by atoms with E-state index in [2.05, 4.69) is 44.3 Å². The Hall–Kier alpha value is -2.86. The lowest BCUT2D eigenvalue weighted by molar-refractivity contribution is 1.14. The maximum Gasteiger partial charge on any atom is -0.0263 e. The summed E-state index contributed by atoms with van der Waals surface area (Å²) < 4.78 is 0. The fraction of sp³-hybridized carbons (Fsp3) is 0.0833. The molecule has 0 spiro atoms. The van der Waals surface area contributed by atoms with Crippen LogP contribution < -0.4 is 0 Å². The van der Waals surface area contributed by atoms with Gasteiger partial charge in [-0.3, -0.25) is 0 Å². The first-order chi connectivity index (χ1) is 11.8. The van der Waals surface area contributed by atoms with Crippen molar-refractivity contribution in [3.05, 3.63) is 121 Å². The van der Waals surface area contributed by atoms with Crippen LogP contribution in [0.15, 0.2) is 104 Å². The Morgan fingerprint density at radius 2 is 0.917 bits per heavy atom. The van der Waals surface area contributed by atoms with Gasteiger partial charge in [0, 0.05) is 0 Å². The van der Waals surface area contributed by atoms with Crippen LogP contribution in [0.5, 0.6) is 0 Å². The van der Waals surface area contributed by atoms with Crippen LogP contribution in [0.25, 0.3) is 12.2 Å². The van der Waals surface area contributed by atoms with Crippen molar-refractivity contribution < 1.29 is 0 Å². The highest BCUT2D eigenvalue weighted by Crippen LogP contribution is 1.98. The van der Waals surface area contributed by atoms with E-state index in [0.717, 1.165) is 6.42 Å². The summed E-state index contributed by atoms with van der Waals surface area (Å²) in [7, 11) is 0. The second-order valence-electron chi connectivity index (χ2n) is 5.07. The molecule has 0 nitrogen and oxygen atoms in total. The lowest BCUT2D eigenvalue weighted by atomic mass is 10.2. The molecule has 0 heterocycles. The van der Waals surface area contributed by atoms with Gasteiger partial charge >= 0.3 is 0 Å². The summed E-state index contributed by atoms with van der Waals surface area (Å²) in [6.45, 7) is 9.42. The largest absolute Gasteiger partial charge is 0.0985 e. The second kappa shape index (κ2) is 12.7. The molecule has 24 heavy (non-hydrogen) atoms. The predicted molar refractivity (Wildman–Crippen MR) is 109 cm³/mol. The topological polar surface area (TPSA) is 0 Å². The molecule has 122 valence electrons. The van der Waals surface area contributed by atoms with E-state index in [4.69, 9.17) is 0 Å². The van der Waals surface area contributed by atoms with E-state index in [1.807, 2.05) is 78.9 Å². The number of hydrogen-bond acceptors (Lipinski definition) is 0. The molecule has 0 heteroatoms. The SMILES string of the molecule is C=Cc1ccccc1.C=Cc1ccccc1.CCc1ccccc1. The third-order valence-electron chi connectivity index (χ3n) is 3.32. The van der Waals surface area contributed by atoms with Gasteiger partial charge in [0.1, 0.15) is 0 Å². The number of aryl methyl sites for hydroxylation is 1. The third kappa shape index (κ3) is 8.55. The standard InChI is InChI=1S/C8H10.2C8H8/c3*1-2-8-6-4-3-5-7-8/h3-7H,2H2,1H3;2*2-7H,1H2. The van der Waals surface area contributed by atoms with Gasteiger partial charge in [0.05, 0.1) is 0 Å². The van der Waals surface area contributed by atoms with Gasteiger partial charge in [-0.05, 0) is 23.1 Å². The van der Waals surface area contributed by atoms with Crippen LogP contribution >= 0.6 is 0 Å². The Balaban J connectivity index is 0.000000180. The molecule has 0 saturated carbocycles. The van der Waals surface area contributed by atoms with Crippen molar-refractivity contribution in [2.45, 2.75) is 13.3 Å². The zero-order valence-corrected chi connectivity index (χ0v) is 14.4. The molecule has 3 aromatic rings. The van der Waals surface area contributed by atoms with Crippen molar-refractivity contribution in [2.75, 3.05) is 0 Å². The molecule has 0 aromatic heterocycles. The highest BCUT2D eigenvalue weighted by atomic mass is 13.9. The van der Waals surface area contributed by atoms with Crippen LogP contribution in [0.4, 0.5) is 0 Å². The zero-order valence-electron chi connectivity index (χ0n) is 14.4. The summed E-state index contributed by atoms with van der Waals surface area (Å²) >= 11 is 0. The highest BCUT2D eigenvalue weighted by molar-refractivity contribution is 5.46. The van der Waals surface area contributed by atoms with Gasteiger partial charge in [0.15, 0.2) is 0 Å². The van der Waals surface area contributed by atoms with Gasteiger partial charge in [-0.15, -0.1) is 0 Å². The zero-order chi connectivity index (χ0) is 17.5. The molecule has 0 unspecified atom stereocenters. The third-order valence-corrected chi connectivity index (χ3v) is 3.32. The normalized spacial score (nSPS) is 8.71. The van der Waals surface area contributed by atoms with Crippen molar-refractivity contribution in [1.82, 2.24) is 0 Å². The summed E-state index contributed by atoms with van der Waals surface area (Å²) in [5.41, 5.74) is 3.76. The molecule has 0 aliphatic heterocycles. The average Bonchev–Trinajstić information content (AvgIpc) is 2.71. The first-order valence-electron chi connectivity index (χ1n) is 8.19. The maximum atomic E-state index is 3.63. The molecule has 3 aromatic carbocycles. The number of rotatable bonds is 3. The van der Waals surface area contributed by atoms with Gasteiger partial charge in [-0.25, -0.2) is 0 Å². The van der Waals surface area contributed by atoms with Gasteiger partial charge in [0.25, 0.3) is 0 Å². The van der Waals surface area contributed by atoms with Gasteiger partial charge in [0.2, 0.25) is 0 Å². The minimum Gasteiger partial charge on any atom is -0.0985 e. The van der Waals surface area contributed by atoms with Crippen LogP contribution in [-0.2, 0) is 6.42 Å². The van der Waals surface area contributed by atoms with Crippen molar-refractivity contribution in [3.8, 4) is 0 Å². The molecule has 3 rings (SSSR count). The van der Waals surface area contributed by atoms with Crippen LogP contribution in [0.1, 0.15) is 23.6 Å². The number of hydrogen-bond donors (Lipinski definition) is 0. The van der Waals surface area contributed by atoms with E-state index < -0.39 is 0 Å². The first-order valence-corrected chi connectivity index (χ1v) is 8.19. The summed E-state index contributed by atoms with van der Waals surface area (Å²) in [6, 6.07) is 30.5. The van der Waals surface area contributed by atoms with E-state index >= 15 is 0 Å². The summed E-state index contributed by atoms with van der Waals surface area (Å²) in [4.78, 5) is 0. The lowest BCUT2D eigenvalue weighted by Crippen LogP contribution is -1.73. The summed E-state index contributed by atoms with van der Waals surface area (Å²) in [5, 5.41) is 0. The smallest absolute Gasteiger partial charge is 0.0263 e. The number of benzene rings is 3. The van der Waals surface area contributed by atoms with E-state index in [9.17, 15) is 0 Å². The van der Waals surface area contributed by atoms with Crippen LogP contribution in [0, 0.1) is 0 Å². The van der Waals surface area contributed by atoms with E-state index in [-0.39, 0.29) is 0 Å². The fourth-order valence-corrected chi connectivity index (χ4v) is 1.89. The monoisotopic (exact) mass is 314 g/mol. The molecular weight excluding hydrogens is 288 g/mol. The maximum absolute atomic E-state index is 3.63. The van der Waals surface area contributed by atoms with Crippen molar-refractivity contribution in [3.63, 3.8) is 0 Å². The van der Waals surface area contributed by atoms with Crippen molar-refractivity contribution in [2.24, 2.45) is 0 Å². The van der Waals surface area contributed by atoms with E-state index in [0.29, 0.717) is 0 Å². The second-order valence-corrected chi connectivity index (χ2v) is 5.07. The van der Waals surface area contributed by atoms with Crippen LogP contribution in [0.3, 0.4) is 0 Å². The lowest BCUT2D eigenvalue weighted by Gasteiger charge is -1.89. The Morgan fingerprint density at radius 3 is 1.12 bits per heavy atom. The van der Waals surface area contributed by atoms with Crippen molar-refractivity contribution in [1.29, 1.82) is 0 Å². The molecule has 0 fully saturated rings. The Labute approximate surface area is 146 Å². The quantitative estimate of drug-likeness (QED) is 0.493. The molecule has 0 aliphatic carbocycles. The molecule has 0 bridgehead atoms. The fourth-order valence-electron chi connectivity index (χ4n) is 1.89. The Kier molecular flexibility index (Phi) is 10.1. The van der Waals surface area contributed by atoms with Gasteiger partial charge in [-0.2, -0.15) is 0 Å². The highest BCUT2D eigenvalue weighted by Gasteiger charge is 1.80. The molecular formula is C24H26. The van der Waals surface area contributed by atoms with Crippen LogP contribution in [-0.4, -0.2) is 0 Å². The Bertz CT molecular complexity index is 624. The van der Waals surface area contributed by atoms with Crippen molar-refractivity contribution >= 4 is 12.2 Å².